The first-order valence-corrected chi connectivity index (χ1v) is 10.0. The minimum atomic E-state index is -0.522. The third-order valence-electron chi connectivity index (χ3n) is 4.19. The molecule has 0 N–H and O–H groups in total. The highest BCUT2D eigenvalue weighted by molar-refractivity contribution is 9.10. The number of carbonyl (C=O) groups is 2. The predicted octanol–water partition coefficient (Wildman–Crippen LogP) is 5.67. The molecule has 0 saturated heterocycles. The SMILES string of the molecule is O=C1OC(c2ccc(Br)cc2)=N/C1=C\c1ccc(OC(=O)c2ccc(Cl)cc2)cc1. The maximum absolute atomic E-state index is 12.2. The average molecular weight is 483 g/mol. The van der Waals surface area contributed by atoms with Crippen molar-refractivity contribution in [1.82, 2.24) is 0 Å². The van der Waals surface area contributed by atoms with E-state index in [0.29, 0.717) is 27.5 Å². The number of carbonyl (C=O) groups excluding carboxylic acids is 2. The van der Waals surface area contributed by atoms with Crippen LogP contribution >= 0.6 is 27.5 Å². The summed E-state index contributed by atoms with van der Waals surface area (Å²) in [4.78, 5) is 28.6. The molecule has 0 amide bonds. The molecule has 3 aromatic rings. The molecule has 7 heteroatoms. The van der Waals surface area contributed by atoms with E-state index in [1.54, 1.807) is 54.6 Å². The third kappa shape index (κ3) is 4.67. The Kier molecular flexibility index (Phi) is 5.79. The lowest BCUT2D eigenvalue weighted by Gasteiger charge is -2.05. The van der Waals surface area contributed by atoms with Crippen molar-refractivity contribution in [2.24, 2.45) is 4.99 Å². The van der Waals surface area contributed by atoms with E-state index >= 15 is 0 Å². The summed E-state index contributed by atoms with van der Waals surface area (Å²) in [5.41, 5.74) is 2.02. The summed E-state index contributed by atoms with van der Waals surface area (Å²) in [6.07, 6.45) is 1.61. The summed E-state index contributed by atoms with van der Waals surface area (Å²) >= 11 is 9.19. The van der Waals surface area contributed by atoms with E-state index in [1.165, 1.54) is 0 Å². The normalized spacial score (nSPS) is 14.4. The fourth-order valence-corrected chi connectivity index (χ4v) is 3.06. The summed E-state index contributed by atoms with van der Waals surface area (Å²) in [7, 11) is 0. The molecular weight excluding hydrogens is 470 g/mol. The van der Waals surface area contributed by atoms with Gasteiger partial charge in [-0.15, -0.1) is 0 Å². The van der Waals surface area contributed by atoms with Gasteiger partial charge in [-0.1, -0.05) is 39.7 Å². The molecule has 0 aromatic heterocycles. The molecule has 3 aromatic carbocycles. The maximum Gasteiger partial charge on any atom is 0.363 e. The number of rotatable bonds is 4. The third-order valence-corrected chi connectivity index (χ3v) is 4.97. The molecule has 1 aliphatic rings. The molecule has 0 atom stereocenters. The monoisotopic (exact) mass is 481 g/mol. The van der Waals surface area contributed by atoms with Crippen molar-refractivity contribution in [3.8, 4) is 5.75 Å². The quantitative estimate of drug-likeness (QED) is 0.273. The van der Waals surface area contributed by atoms with Crippen molar-refractivity contribution in [1.29, 1.82) is 0 Å². The number of aliphatic imine (C=N–C) groups is 1. The van der Waals surface area contributed by atoms with E-state index in [4.69, 9.17) is 21.1 Å². The molecule has 5 nitrogen and oxygen atoms in total. The highest BCUT2D eigenvalue weighted by Crippen LogP contribution is 2.22. The van der Waals surface area contributed by atoms with Crippen LogP contribution in [0.5, 0.6) is 5.75 Å². The summed E-state index contributed by atoms with van der Waals surface area (Å²) in [6, 6.07) is 20.5. The molecular formula is C23H13BrClNO4. The molecule has 0 bridgehead atoms. The average Bonchev–Trinajstić information content (AvgIpc) is 3.10. The Bertz CT molecular complexity index is 1170. The second-order valence-electron chi connectivity index (χ2n) is 6.31. The first-order valence-electron chi connectivity index (χ1n) is 8.84. The second kappa shape index (κ2) is 8.65. The first-order chi connectivity index (χ1) is 14.5. The summed E-state index contributed by atoms with van der Waals surface area (Å²) < 4.78 is 11.5. The second-order valence-corrected chi connectivity index (χ2v) is 7.66. The number of esters is 2. The van der Waals surface area contributed by atoms with Crippen LogP contribution in [-0.2, 0) is 9.53 Å². The Hall–Kier alpha value is -3.22. The summed E-state index contributed by atoms with van der Waals surface area (Å²) in [6.45, 7) is 0. The fraction of sp³-hybridized carbons (Fsp3) is 0. The van der Waals surface area contributed by atoms with Crippen LogP contribution in [0.25, 0.3) is 6.08 Å². The molecule has 0 unspecified atom stereocenters. The van der Waals surface area contributed by atoms with Gasteiger partial charge < -0.3 is 9.47 Å². The van der Waals surface area contributed by atoms with Crippen molar-refractivity contribution in [2.75, 3.05) is 0 Å². The molecule has 0 saturated carbocycles. The van der Waals surface area contributed by atoms with Crippen molar-refractivity contribution in [2.45, 2.75) is 0 Å². The molecule has 148 valence electrons. The van der Waals surface area contributed by atoms with E-state index in [9.17, 15) is 9.59 Å². The van der Waals surface area contributed by atoms with Crippen LogP contribution in [0.2, 0.25) is 5.02 Å². The van der Waals surface area contributed by atoms with Gasteiger partial charge in [-0.25, -0.2) is 14.6 Å². The van der Waals surface area contributed by atoms with Gasteiger partial charge in [-0.2, -0.15) is 0 Å². The van der Waals surface area contributed by atoms with Crippen LogP contribution in [0.15, 0.2) is 88.0 Å². The smallest absolute Gasteiger partial charge is 0.363 e. The van der Waals surface area contributed by atoms with Crippen molar-refractivity contribution >= 4 is 51.4 Å². The minimum Gasteiger partial charge on any atom is -0.423 e. The molecule has 4 rings (SSSR count). The largest absolute Gasteiger partial charge is 0.423 e. The summed E-state index contributed by atoms with van der Waals surface area (Å²) in [5.74, 6) is -0.371. The Balaban J connectivity index is 1.48. The van der Waals surface area contributed by atoms with Crippen LogP contribution in [0.1, 0.15) is 21.5 Å². The van der Waals surface area contributed by atoms with Crippen LogP contribution in [0, 0.1) is 0 Å². The number of ether oxygens (including phenoxy) is 2. The Morgan fingerprint density at radius 2 is 1.63 bits per heavy atom. The van der Waals surface area contributed by atoms with Gasteiger partial charge in [-0.3, -0.25) is 0 Å². The fourth-order valence-electron chi connectivity index (χ4n) is 2.67. The van der Waals surface area contributed by atoms with E-state index in [0.717, 1.165) is 4.47 Å². The zero-order valence-electron chi connectivity index (χ0n) is 15.3. The zero-order chi connectivity index (χ0) is 21.1. The maximum atomic E-state index is 12.2. The van der Waals surface area contributed by atoms with Gasteiger partial charge in [0.15, 0.2) is 5.70 Å². The topological polar surface area (TPSA) is 65.0 Å². The van der Waals surface area contributed by atoms with Crippen LogP contribution in [0.3, 0.4) is 0 Å². The Morgan fingerprint density at radius 1 is 0.967 bits per heavy atom. The minimum absolute atomic E-state index is 0.193. The molecule has 0 radical (unpaired) electrons. The van der Waals surface area contributed by atoms with Gasteiger partial charge >= 0.3 is 11.9 Å². The lowest BCUT2D eigenvalue weighted by molar-refractivity contribution is -0.129. The van der Waals surface area contributed by atoms with Crippen molar-refractivity contribution < 1.29 is 19.1 Å². The number of cyclic esters (lactones) is 1. The van der Waals surface area contributed by atoms with Crippen molar-refractivity contribution in [3.63, 3.8) is 0 Å². The molecule has 0 fully saturated rings. The van der Waals surface area contributed by atoms with Gasteiger partial charge in [0.05, 0.1) is 5.56 Å². The van der Waals surface area contributed by atoms with Gasteiger partial charge in [0.1, 0.15) is 5.75 Å². The molecule has 1 aliphatic heterocycles. The van der Waals surface area contributed by atoms with Crippen LogP contribution in [0.4, 0.5) is 0 Å². The number of halogens is 2. The standard InChI is InChI=1S/C23H13BrClNO4/c24-17-7-3-15(4-8-17)21-26-20(23(28)30-21)13-14-1-11-19(12-2-14)29-22(27)16-5-9-18(25)10-6-16/h1-13H/b20-13-. The Morgan fingerprint density at radius 3 is 2.30 bits per heavy atom. The van der Waals surface area contributed by atoms with Gasteiger partial charge in [0, 0.05) is 15.1 Å². The predicted molar refractivity (Wildman–Crippen MR) is 118 cm³/mol. The van der Waals surface area contributed by atoms with E-state index in [1.807, 2.05) is 24.3 Å². The van der Waals surface area contributed by atoms with E-state index in [-0.39, 0.29) is 11.6 Å². The van der Waals surface area contributed by atoms with Crippen molar-refractivity contribution in [3.05, 3.63) is 105 Å². The highest BCUT2D eigenvalue weighted by atomic mass is 79.9. The zero-order valence-corrected chi connectivity index (χ0v) is 17.7. The van der Waals surface area contributed by atoms with Gasteiger partial charge in [0.25, 0.3) is 0 Å². The molecule has 30 heavy (non-hydrogen) atoms. The van der Waals surface area contributed by atoms with Crippen LogP contribution in [-0.4, -0.2) is 17.8 Å². The molecule has 0 spiro atoms. The number of hydrogen-bond donors (Lipinski definition) is 0. The number of benzene rings is 3. The van der Waals surface area contributed by atoms with Gasteiger partial charge in [-0.05, 0) is 72.3 Å². The highest BCUT2D eigenvalue weighted by Gasteiger charge is 2.24. The first kappa shape index (κ1) is 20.1. The summed E-state index contributed by atoms with van der Waals surface area (Å²) in [5, 5.41) is 0.542. The lowest BCUT2D eigenvalue weighted by atomic mass is 10.2. The van der Waals surface area contributed by atoms with Crippen LogP contribution < -0.4 is 4.74 Å². The van der Waals surface area contributed by atoms with Gasteiger partial charge in [0.2, 0.25) is 5.90 Å². The lowest BCUT2D eigenvalue weighted by Crippen LogP contribution is -2.08. The van der Waals surface area contributed by atoms with E-state index in [2.05, 4.69) is 20.9 Å². The number of hydrogen-bond acceptors (Lipinski definition) is 5. The number of nitrogens with zero attached hydrogens (tertiary/aromatic N) is 1. The molecule has 1 heterocycles. The molecule has 0 aliphatic carbocycles. The Labute approximate surface area is 185 Å². The van der Waals surface area contributed by atoms with E-state index < -0.39 is 11.9 Å².